The molecule has 70 valence electrons. The Morgan fingerprint density at radius 3 is 3.00 bits per heavy atom. The molecule has 12 heavy (non-hydrogen) atoms. The highest BCUT2D eigenvalue weighted by molar-refractivity contribution is 5.67. The number of aliphatic carboxylic acids is 1. The van der Waals surface area contributed by atoms with Crippen molar-refractivity contribution in [2.24, 2.45) is 0 Å². The highest BCUT2D eigenvalue weighted by Crippen LogP contribution is 2.17. The molecular formula is C8H15NO3. The van der Waals surface area contributed by atoms with Crippen LogP contribution >= 0.6 is 0 Å². The number of hydrogen-bond acceptors (Lipinski definition) is 3. The first-order valence-electron chi connectivity index (χ1n) is 4.24. The lowest BCUT2D eigenvalue weighted by Gasteiger charge is -2.20. The van der Waals surface area contributed by atoms with Gasteiger partial charge in [-0.2, -0.15) is 0 Å². The summed E-state index contributed by atoms with van der Waals surface area (Å²) in [6.07, 6.45) is 2.24. The van der Waals surface area contributed by atoms with Gasteiger partial charge in [0, 0.05) is 12.6 Å². The molecule has 0 aromatic rings. The molecule has 1 rings (SSSR count). The van der Waals surface area contributed by atoms with Crippen LogP contribution < -0.4 is 5.32 Å². The molecule has 0 bridgehead atoms. The average molecular weight is 173 g/mol. The maximum Gasteiger partial charge on any atom is 0.305 e. The van der Waals surface area contributed by atoms with E-state index in [9.17, 15) is 4.79 Å². The summed E-state index contributed by atoms with van der Waals surface area (Å²) >= 11 is 0. The molecule has 0 amide bonds. The van der Waals surface area contributed by atoms with Crippen molar-refractivity contribution in [1.82, 2.24) is 5.32 Å². The van der Waals surface area contributed by atoms with Crippen molar-refractivity contribution >= 4 is 5.97 Å². The van der Waals surface area contributed by atoms with Crippen molar-refractivity contribution in [3.05, 3.63) is 0 Å². The Kier molecular flexibility index (Phi) is 3.49. The molecule has 1 aliphatic heterocycles. The Hall–Kier alpha value is -0.610. The van der Waals surface area contributed by atoms with E-state index in [0.29, 0.717) is 0 Å². The first-order valence-corrected chi connectivity index (χ1v) is 4.24. The van der Waals surface area contributed by atoms with Crippen molar-refractivity contribution in [2.75, 3.05) is 13.7 Å². The molecule has 1 fully saturated rings. The van der Waals surface area contributed by atoms with E-state index >= 15 is 0 Å². The molecule has 0 spiro atoms. The van der Waals surface area contributed by atoms with E-state index in [1.54, 1.807) is 7.05 Å². The van der Waals surface area contributed by atoms with Gasteiger partial charge in [0.2, 0.25) is 0 Å². The normalized spacial score (nSPS) is 25.6. The van der Waals surface area contributed by atoms with Gasteiger partial charge < -0.3 is 15.2 Å². The van der Waals surface area contributed by atoms with E-state index in [1.807, 2.05) is 0 Å². The molecule has 0 aromatic carbocycles. The summed E-state index contributed by atoms with van der Waals surface area (Å²) < 4.78 is 5.38. The second-order valence-corrected chi connectivity index (χ2v) is 3.04. The monoisotopic (exact) mass is 173 g/mol. The predicted octanol–water partition coefficient (Wildman–Crippen LogP) is 0.228. The number of rotatable bonds is 4. The first-order chi connectivity index (χ1) is 5.74. The summed E-state index contributed by atoms with van der Waals surface area (Å²) in [5.74, 6) is -0.773. The van der Waals surface area contributed by atoms with Crippen molar-refractivity contribution in [3.63, 3.8) is 0 Å². The molecule has 2 N–H and O–H groups in total. The van der Waals surface area contributed by atoms with E-state index < -0.39 is 5.97 Å². The second-order valence-electron chi connectivity index (χ2n) is 3.04. The van der Waals surface area contributed by atoms with Gasteiger partial charge in [-0.1, -0.05) is 0 Å². The van der Waals surface area contributed by atoms with Gasteiger partial charge in [-0.15, -0.1) is 0 Å². The Morgan fingerprint density at radius 2 is 2.58 bits per heavy atom. The van der Waals surface area contributed by atoms with Crippen molar-refractivity contribution in [2.45, 2.75) is 31.4 Å². The first kappa shape index (κ1) is 9.48. The van der Waals surface area contributed by atoms with E-state index in [1.165, 1.54) is 0 Å². The summed E-state index contributed by atoms with van der Waals surface area (Å²) in [5, 5.41) is 11.5. The van der Waals surface area contributed by atoms with E-state index in [-0.39, 0.29) is 18.6 Å². The molecular weight excluding hydrogens is 158 g/mol. The largest absolute Gasteiger partial charge is 0.481 e. The summed E-state index contributed by atoms with van der Waals surface area (Å²) in [5.41, 5.74) is 0. The zero-order valence-corrected chi connectivity index (χ0v) is 7.25. The van der Waals surface area contributed by atoms with Gasteiger partial charge >= 0.3 is 5.97 Å². The lowest BCUT2D eigenvalue weighted by molar-refractivity contribution is -0.138. The van der Waals surface area contributed by atoms with Crippen LogP contribution in [0.15, 0.2) is 0 Å². The summed E-state index contributed by atoms with van der Waals surface area (Å²) in [6.45, 7) is 0.766. The van der Waals surface area contributed by atoms with E-state index in [4.69, 9.17) is 9.84 Å². The molecule has 0 aliphatic carbocycles. The number of carboxylic acid groups (broad SMARTS) is 1. The molecule has 0 aromatic heterocycles. The molecule has 0 radical (unpaired) electrons. The van der Waals surface area contributed by atoms with Gasteiger partial charge in [-0.05, 0) is 19.9 Å². The second kappa shape index (κ2) is 4.42. The predicted molar refractivity (Wildman–Crippen MR) is 44.1 cm³/mol. The van der Waals surface area contributed by atoms with Crippen molar-refractivity contribution < 1.29 is 14.6 Å². The van der Waals surface area contributed by atoms with Crippen LogP contribution in [-0.4, -0.2) is 36.9 Å². The van der Waals surface area contributed by atoms with Crippen LogP contribution in [-0.2, 0) is 9.53 Å². The van der Waals surface area contributed by atoms with E-state index in [0.717, 1.165) is 19.4 Å². The molecule has 4 heteroatoms. The fourth-order valence-electron chi connectivity index (χ4n) is 1.53. The van der Waals surface area contributed by atoms with Crippen LogP contribution in [0.2, 0.25) is 0 Å². The highest BCUT2D eigenvalue weighted by Gasteiger charge is 2.26. The van der Waals surface area contributed by atoms with Gasteiger partial charge in [0.25, 0.3) is 0 Å². The van der Waals surface area contributed by atoms with Crippen LogP contribution in [0.4, 0.5) is 0 Å². The average Bonchev–Trinajstić information content (AvgIpc) is 2.51. The fourth-order valence-corrected chi connectivity index (χ4v) is 1.53. The molecule has 2 unspecified atom stereocenters. The molecule has 0 saturated carbocycles. The van der Waals surface area contributed by atoms with Crippen LogP contribution in [0.1, 0.15) is 19.3 Å². The Bertz CT molecular complexity index is 154. The SMILES string of the molecule is CNC(CC(=O)O)C1CCCO1. The zero-order chi connectivity index (χ0) is 8.97. The van der Waals surface area contributed by atoms with Gasteiger partial charge in [-0.25, -0.2) is 0 Å². The third-order valence-electron chi connectivity index (χ3n) is 2.18. The van der Waals surface area contributed by atoms with Gasteiger partial charge in [0.15, 0.2) is 0 Å². The smallest absolute Gasteiger partial charge is 0.305 e. The summed E-state index contributed by atoms with van der Waals surface area (Å²) in [6, 6.07) is -0.0370. The molecule has 1 aliphatic rings. The minimum atomic E-state index is -0.773. The Morgan fingerprint density at radius 1 is 1.83 bits per heavy atom. The van der Waals surface area contributed by atoms with Crippen LogP contribution in [0.5, 0.6) is 0 Å². The lowest BCUT2D eigenvalue weighted by Crippen LogP contribution is -2.38. The quantitative estimate of drug-likeness (QED) is 0.639. The maximum absolute atomic E-state index is 10.4. The number of nitrogens with one attached hydrogen (secondary N) is 1. The number of ether oxygens (including phenoxy) is 1. The molecule has 1 heterocycles. The third kappa shape index (κ3) is 2.46. The van der Waals surface area contributed by atoms with E-state index in [2.05, 4.69) is 5.32 Å². The third-order valence-corrected chi connectivity index (χ3v) is 2.18. The standard InChI is InChI=1S/C8H15NO3/c1-9-6(5-8(10)11)7-3-2-4-12-7/h6-7,9H,2-5H2,1H3,(H,10,11). The highest BCUT2D eigenvalue weighted by atomic mass is 16.5. The van der Waals surface area contributed by atoms with Gasteiger partial charge in [-0.3, -0.25) is 4.79 Å². The van der Waals surface area contributed by atoms with Crippen molar-refractivity contribution in [3.8, 4) is 0 Å². The van der Waals surface area contributed by atoms with Crippen LogP contribution in [0.25, 0.3) is 0 Å². The number of hydrogen-bond donors (Lipinski definition) is 2. The topological polar surface area (TPSA) is 58.6 Å². The molecule has 1 saturated heterocycles. The van der Waals surface area contributed by atoms with Gasteiger partial charge in [0.05, 0.1) is 12.5 Å². The molecule has 4 nitrogen and oxygen atoms in total. The minimum absolute atomic E-state index is 0.0370. The fraction of sp³-hybridized carbons (Fsp3) is 0.875. The zero-order valence-electron chi connectivity index (χ0n) is 7.25. The Balaban J connectivity index is 2.37. The maximum atomic E-state index is 10.4. The summed E-state index contributed by atoms with van der Waals surface area (Å²) in [4.78, 5) is 10.4. The minimum Gasteiger partial charge on any atom is -0.481 e. The van der Waals surface area contributed by atoms with Gasteiger partial charge in [0.1, 0.15) is 0 Å². The van der Waals surface area contributed by atoms with Crippen LogP contribution in [0.3, 0.4) is 0 Å². The Labute approximate surface area is 71.9 Å². The van der Waals surface area contributed by atoms with Crippen LogP contribution in [0, 0.1) is 0 Å². The van der Waals surface area contributed by atoms with Crippen molar-refractivity contribution in [1.29, 1.82) is 0 Å². The number of likely N-dealkylation sites (N-methyl/N-ethyl adjacent to an activating group) is 1. The lowest BCUT2D eigenvalue weighted by atomic mass is 10.1. The number of carboxylic acids is 1. The molecule has 2 atom stereocenters. The summed E-state index contributed by atoms with van der Waals surface area (Å²) in [7, 11) is 1.77. The number of carbonyl (C=O) groups is 1.